The Morgan fingerprint density at radius 2 is 2.32 bits per heavy atom. The highest BCUT2D eigenvalue weighted by molar-refractivity contribution is 9.10. The van der Waals surface area contributed by atoms with Crippen LogP contribution in [0.15, 0.2) is 22.7 Å². The van der Waals surface area contributed by atoms with Gasteiger partial charge in [0.2, 0.25) is 5.91 Å². The molecule has 0 aliphatic carbocycles. The number of carbonyl (C=O) groups excluding carboxylic acids is 1. The maximum atomic E-state index is 11.8. The molecule has 2 N–H and O–H groups in total. The lowest BCUT2D eigenvalue weighted by Gasteiger charge is -2.10. The van der Waals surface area contributed by atoms with Crippen molar-refractivity contribution in [3.8, 4) is 0 Å². The maximum Gasteiger partial charge on any atom is 0.224 e. The van der Waals surface area contributed by atoms with Crippen molar-refractivity contribution in [2.24, 2.45) is 0 Å². The van der Waals surface area contributed by atoms with E-state index in [0.717, 1.165) is 28.7 Å². The van der Waals surface area contributed by atoms with Crippen molar-refractivity contribution in [3.63, 3.8) is 0 Å². The minimum Gasteiger partial charge on any atom is -0.326 e. The van der Waals surface area contributed by atoms with E-state index in [1.807, 2.05) is 25.1 Å². The fourth-order valence-corrected chi connectivity index (χ4v) is 2.50. The van der Waals surface area contributed by atoms with Crippen molar-refractivity contribution in [2.75, 3.05) is 11.9 Å². The van der Waals surface area contributed by atoms with Gasteiger partial charge >= 0.3 is 0 Å². The van der Waals surface area contributed by atoms with E-state index < -0.39 is 0 Å². The van der Waals surface area contributed by atoms with Gasteiger partial charge in [-0.25, -0.2) is 0 Å². The fourth-order valence-electron chi connectivity index (χ4n) is 2.25. The third-order valence-electron chi connectivity index (χ3n) is 3.32. The number of benzene rings is 1. The zero-order valence-electron chi connectivity index (χ0n) is 11.0. The number of hydrogen-bond donors (Lipinski definition) is 2. The highest BCUT2D eigenvalue weighted by Crippen LogP contribution is 2.20. The standard InChI is InChI=1S/C14H19BrN2O.ClH/c1-10-9-12(4-6-13(10)15)17-14(18)7-5-11-3-2-8-16-11;/h4,6,9,11,16H,2-3,5,7-8H2,1H3,(H,17,18);1H. The first-order valence-electron chi connectivity index (χ1n) is 6.44. The number of carbonyl (C=O) groups is 1. The van der Waals surface area contributed by atoms with Gasteiger partial charge in [0.1, 0.15) is 0 Å². The van der Waals surface area contributed by atoms with Gasteiger partial charge in [-0.15, -0.1) is 12.4 Å². The van der Waals surface area contributed by atoms with E-state index in [1.54, 1.807) is 0 Å². The molecule has 1 fully saturated rings. The van der Waals surface area contributed by atoms with Gasteiger partial charge in [-0.3, -0.25) is 4.79 Å². The smallest absolute Gasteiger partial charge is 0.224 e. The fraction of sp³-hybridized carbons (Fsp3) is 0.500. The van der Waals surface area contributed by atoms with Crippen LogP contribution < -0.4 is 10.6 Å². The molecule has 2 rings (SSSR count). The zero-order valence-corrected chi connectivity index (χ0v) is 13.4. The molecule has 1 heterocycles. The molecule has 1 saturated heterocycles. The van der Waals surface area contributed by atoms with Crippen LogP contribution in [0.5, 0.6) is 0 Å². The number of hydrogen-bond acceptors (Lipinski definition) is 2. The van der Waals surface area contributed by atoms with Crippen LogP contribution in [0.3, 0.4) is 0 Å². The van der Waals surface area contributed by atoms with Gasteiger partial charge in [-0.1, -0.05) is 15.9 Å². The van der Waals surface area contributed by atoms with E-state index in [2.05, 4.69) is 26.6 Å². The normalized spacial score (nSPS) is 17.9. The van der Waals surface area contributed by atoms with Crippen LogP contribution in [0, 0.1) is 6.92 Å². The van der Waals surface area contributed by atoms with Crippen molar-refractivity contribution < 1.29 is 4.79 Å². The Morgan fingerprint density at radius 1 is 1.53 bits per heavy atom. The van der Waals surface area contributed by atoms with Crippen LogP contribution in [0.25, 0.3) is 0 Å². The number of aryl methyl sites for hydroxylation is 1. The predicted molar refractivity (Wildman–Crippen MR) is 85.0 cm³/mol. The van der Waals surface area contributed by atoms with E-state index in [1.165, 1.54) is 12.8 Å². The first-order chi connectivity index (χ1) is 8.65. The molecule has 5 heteroatoms. The van der Waals surface area contributed by atoms with Crippen LogP contribution >= 0.6 is 28.3 Å². The Morgan fingerprint density at radius 3 is 2.95 bits per heavy atom. The molecule has 19 heavy (non-hydrogen) atoms. The minimum atomic E-state index is 0. The Kier molecular flexibility index (Phi) is 6.83. The third-order valence-corrected chi connectivity index (χ3v) is 4.21. The molecule has 0 radical (unpaired) electrons. The molecule has 1 atom stereocenters. The summed E-state index contributed by atoms with van der Waals surface area (Å²) < 4.78 is 1.07. The van der Waals surface area contributed by atoms with Crippen molar-refractivity contribution in [1.82, 2.24) is 5.32 Å². The van der Waals surface area contributed by atoms with Gasteiger partial charge < -0.3 is 10.6 Å². The second-order valence-corrected chi connectivity index (χ2v) is 5.70. The number of rotatable bonds is 4. The highest BCUT2D eigenvalue weighted by Gasteiger charge is 2.15. The van der Waals surface area contributed by atoms with Crippen LogP contribution in [0.4, 0.5) is 5.69 Å². The van der Waals surface area contributed by atoms with E-state index in [-0.39, 0.29) is 18.3 Å². The molecule has 0 aromatic heterocycles. The first kappa shape index (κ1) is 16.5. The van der Waals surface area contributed by atoms with Gasteiger partial charge in [-0.05, 0) is 56.5 Å². The number of amides is 1. The van der Waals surface area contributed by atoms with Crippen molar-refractivity contribution in [2.45, 2.75) is 38.6 Å². The molecule has 1 amide bonds. The third kappa shape index (κ3) is 5.13. The summed E-state index contributed by atoms with van der Waals surface area (Å²) in [7, 11) is 0. The van der Waals surface area contributed by atoms with Crippen LogP contribution in [-0.2, 0) is 4.79 Å². The molecule has 1 unspecified atom stereocenters. The molecule has 0 saturated carbocycles. The maximum absolute atomic E-state index is 11.8. The van der Waals surface area contributed by atoms with Gasteiger partial charge in [0.25, 0.3) is 0 Å². The van der Waals surface area contributed by atoms with Gasteiger partial charge in [0.15, 0.2) is 0 Å². The number of nitrogens with one attached hydrogen (secondary N) is 2. The minimum absolute atomic E-state index is 0. The average Bonchev–Trinajstić information content (AvgIpc) is 2.84. The Hall–Kier alpha value is -0.580. The summed E-state index contributed by atoms with van der Waals surface area (Å²) in [4.78, 5) is 11.8. The van der Waals surface area contributed by atoms with Gasteiger partial charge in [-0.2, -0.15) is 0 Å². The van der Waals surface area contributed by atoms with Gasteiger partial charge in [0.05, 0.1) is 0 Å². The molecule has 1 aliphatic rings. The predicted octanol–water partition coefficient (Wildman–Crippen LogP) is 3.65. The molecule has 1 aromatic carbocycles. The van der Waals surface area contributed by atoms with E-state index in [9.17, 15) is 4.79 Å². The lowest BCUT2D eigenvalue weighted by Crippen LogP contribution is -2.23. The SMILES string of the molecule is Cc1cc(NC(=O)CCC2CCCN2)ccc1Br.Cl. The topological polar surface area (TPSA) is 41.1 Å². The van der Waals surface area contributed by atoms with Crippen molar-refractivity contribution >= 4 is 39.9 Å². The van der Waals surface area contributed by atoms with Crippen LogP contribution in [-0.4, -0.2) is 18.5 Å². The summed E-state index contributed by atoms with van der Waals surface area (Å²) in [5.41, 5.74) is 2.00. The summed E-state index contributed by atoms with van der Waals surface area (Å²) >= 11 is 3.45. The summed E-state index contributed by atoms with van der Waals surface area (Å²) in [5.74, 6) is 0.102. The molecule has 1 aromatic rings. The lowest BCUT2D eigenvalue weighted by atomic mass is 10.1. The summed E-state index contributed by atoms with van der Waals surface area (Å²) in [6.07, 6.45) is 3.96. The quantitative estimate of drug-likeness (QED) is 0.873. The zero-order chi connectivity index (χ0) is 13.0. The van der Waals surface area contributed by atoms with Crippen LogP contribution in [0.1, 0.15) is 31.2 Å². The van der Waals surface area contributed by atoms with E-state index in [4.69, 9.17) is 0 Å². The molecule has 3 nitrogen and oxygen atoms in total. The Balaban J connectivity index is 0.00000180. The second-order valence-electron chi connectivity index (χ2n) is 4.84. The van der Waals surface area contributed by atoms with Gasteiger partial charge in [0, 0.05) is 22.6 Å². The number of halogens is 2. The largest absolute Gasteiger partial charge is 0.326 e. The molecule has 106 valence electrons. The molecular formula is C14H20BrClN2O. The Labute approximate surface area is 129 Å². The summed E-state index contributed by atoms with van der Waals surface area (Å²) in [6.45, 7) is 3.11. The van der Waals surface area contributed by atoms with E-state index in [0.29, 0.717) is 12.5 Å². The first-order valence-corrected chi connectivity index (χ1v) is 7.24. The Bertz CT molecular complexity index is 433. The average molecular weight is 348 g/mol. The molecule has 1 aliphatic heterocycles. The highest BCUT2D eigenvalue weighted by atomic mass is 79.9. The van der Waals surface area contributed by atoms with Crippen molar-refractivity contribution in [1.29, 1.82) is 0 Å². The summed E-state index contributed by atoms with van der Waals surface area (Å²) in [5, 5.41) is 6.35. The second kappa shape index (κ2) is 7.88. The van der Waals surface area contributed by atoms with E-state index >= 15 is 0 Å². The molecular weight excluding hydrogens is 328 g/mol. The van der Waals surface area contributed by atoms with Crippen molar-refractivity contribution in [3.05, 3.63) is 28.2 Å². The van der Waals surface area contributed by atoms with Crippen LogP contribution in [0.2, 0.25) is 0 Å². The monoisotopic (exact) mass is 346 g/mol. The number of anilines is 1. The molecule has 0 bridgehead atoms. The lowest BCUT2D eigenvalue weighted by molar-refractivity contribution is -0.116. The summed E-state index contributed by atoms with van der Waals surface area (Å²) in [6, 6.07) is 6.39. The molecule has 0 spiro atoms.